The maximum atomic E-state index is 12.4. The molecule has 2 aromatic rings. The van der Waals surface area contributed by atoms with E-state index in [1.54, 1.807) is 19.1 Å². The minimum absolute atomic E-state index is 0. The summed E-state index contributed by atoms with van der Waals surface area (Å²) in [5.74, 6) is -0.672. The van der Waals surface area contributed by atoms with Crippen LogP contribution in [-0.4, -0.2) is 36.0 Å². The Morgan fingerprint density at radius 2 is 1.92 bits per heavy atom. The number of carbonyl (C=O) groups excluding carboxylic acids is 2. The fourth-order valence-corrected chi connectivity index (χ4v) is 4.75. The van der Waals surface area contributed by atoms with Crippen LogP contribution >= 0.6 is 34.5 Å². The van der Waals surface area contributed by atoms with Gasteiger partial charge in [-0.1, -0.05) is 23.2 Å². The second kappa shape index (κ2) is 7.14. The van der Waals surface area contributed by atoms with E-state index in [1.165, 1.54) is 11.3 Å². The number of hydrogen-bond donors (Lipinski definition) is 2. The Kier molecular flexibility index (Phi) is 5.40. The van der Waals surface area contributed by atoms with Crippen molar-refractivity contribution in [1.82, 2.24) is 10.3 Å². The second-order valence-electron chi connectivity index (χ2n) is 6.41. The van der Waals surface area contributed by atoms with Gasteiger partial charge in [0, 0.05) is 36.7 Å². The van der Waals surface area contributed by atoms with Crippen LogP contribution in [0.15, 0.2) is 12.1 Å². The van der Waals surface area contributed by atoms with Gasteiger partial charge in [0.1, 0.15) is 5.69 Å². The van der Waals surface area contributed by atoms with Crippen LogP contribution in [0.25, 0.3) is 0 Å². The summed E-state index contributed by atoms with van der Waals surface area (Å²) >= 11 is 13.3. The maximum absolute atomic E-state index is 12.4. The van der Waals surface area contributed by atoms with Crippen LogP contribution in [0.5, 0.6) is 0 Å². The number of H-pyrrole nitrogens is 1. The molecule has 132 valence electrons. The van der Waals surface area contributed by atoms with E-state index < -0.39 is 5.97 Å². The predicted molar refractivity (Wildman–Crippen MR) is 94.6 cm³/mol. The van der Waals surface area contributed by atoms with Crippen molar-refractivity contribution in [3.8, 4) is 0 Å². The Balaban J connectivity index is 0.00000196. The molecule has 10 heteroatoms. The number of thiophene rings is 1. The van der Waals surface area contributed by atoms with Crippen molar-refractivity contribution in [3.63, 3.8) is 0 Å². The average molecular weight is 406 g/mol. The Bertz CT molecular complexity index is 872. The molecule has 0 spiro atoms. The average Bonchev–Trinajstić information content (AvgIpc) is 3.02. The van der Waals surface area contributed by atoms with Crippen molar-refractivity contribution in [2.75, 3.05) is 18.0 Å². The number of nitrogens with one attached hydrogen (secondary N) is 2. The monoisotopic (exact) mass is 405 g/mol. The van der Waals surface area contributed by atoms with Crippen LogP contribution in [0.4, 0.5) is 5.00 Å². The minimum Gasteiger partial charge on any atom is -0.544 e. The third-order valence-corrected chi connectivity index (χ3v) is 6.95. The van der Waals surface area contributed by atoms with Crippen LogP contribution < -0.4 is 34.2 Å². The number of halogens is 2. The maximum Gasteiger partial charge on any atom is 1.00 e. The largest absolute Gasteiger partial charge is 1.00 e. The summed E-state index contributed by atoms with van der Waals surface area (Å²) in [5, 5.41) is 15.4. The van der Waals surface area contributed by atoms with E-state index in [0.29, 0.717) is 28.2 Å². The number of carboxylic acid groups (broad SMARTS) is 1. The molecule has 0 unspecified atom stereocenters. The molecule has 3 heterocycles. The predicted octanol–water partition coefficient (Wildman–Crippen LogP) is -1.08. The molecular formula is C16H14Cl2LiN3O3S. The number of aromatic amines is 1. The van der Waals surface area contributed by atoms with Gasteiger partial charge in [0.05, 0.1) is 25.9 Å². The van der Waals surface area contributed by atoms with Gasteiger partial charge in [0.2, 0.25) is 0 Å². The van der Waals surface area contributed by atoms with Crippen molar-refractivity contribution in [1.29, 1.82) is 0 Å². The Morgan fingerprint density at radius 3 is 2.42 bits per heavy atom. The number of anilines is 1. The molecule has 1 aliphatic heterocycles. The van der Waals surface area contributed by atoms with Gasteiger partial charge in [-0.2, -0.15) is 0 Å². The van der Waals surface area contributed by atoms with Gasteiger partial charge >= 0.3 is 18.9 Å². The van der Waals surface area contributed by atoms with Crippen LogP contribution in [0, 0.1) is 18.8 Å². The molecule has 2 aliphatic rings. The molecule has 2 fully saturated rings. The van der Waals surface area contributed by atoms with Gasteiger partial charge in [0.15, 0.2) is 0 Å². The zero-order valence-electron chi connectivity index (χ0n) is 14.1. The Hall–Kier alpha value is -1.10. The summed E-state index contributed by atoms with van der Waals surface area (Å²) in [6, 6.07) is 3.48. The number of carboxylic acids is 1. The molecule has 0 aromatic carbocycles. The number of piperidine rings is 1. The minimum atomic E-state index is -1.15. The number of nitrogens with zero attached hydrogens (tertiary/aromatic N) is 1. The molecule has 2 aromatic heterocycles. The molecule has 26 heavy (non-hydrogen) atoms. The molecule has 6 nitrogen and oxygen atoms in total. The van der Waals surface area contributed by atoms with E-state index in [9.17, 15) is 14.7 Å². The van der Waals surface area contributed by atoms with Crippen LogP contribution in [0.1, 0.15) is 25.9 Å². The van der Waals surface area contributed by atoms with E-state index in [-0.39, 0.29) is 40.7 Å². The molecular weight excluding hydrogens is 392 g/mol. The molecule has 0 radical (unpaired) electrons. The SMILES string of the molecule is Cc1[nH]c(C(=O)N[C@@H]2[C@@H]3CN(c4ccc(C(=O)[O-])s4)C[C@@H]32)c(Cl)c1Cl.[Li+]. The number of rotatable bonds is 4. The number of amides is 1. The molecule has 4 rings (SSSR count). The van der Waals surface area contributed by atoms with Gasteiger partial charge in [0.25, 0.3) is 5.91 Å². The van der Waals surface area contributed by atoms with Crippen molar-refractivity contribution in [2.45, 2.75) is 13.0 Å². The first-order valence-corrected chi connectivity index (χ1v) is 9.34. The summed E-state index contributed by atoms with van der Waals surface area (Å²) in [4.78, 5) is 28.5. The van der Waals surface area contributed by atoms with E-state index >= 15 is 0 Å². The quantitative estimate of drug-likeness (QED) is 0.633. The van der Waals surface area contributed by atoms with Gasteiger partial charge < -0.3 is 25.1 Å². The summed E-state index contributed by atoms with van der Waals surface area (Å²) < 4.78 is 0. The summed E-state index contributed by atoms with van der Waals surface area (Å²) in [5.41, 5.74) is 0.961. The van der Waals surface area contributed by atoms with Crippen molar-refractivity contribution >= 4 is 51.4 Å². The number of aryl methyl sites for hydroxylation is 1. The van der Waals surface area contributed by atoms with Crippen LogP contribution in [0.2, 0.25) is 10.0 Å². The molecule has 1 aliphatic carbocycles. The number of aromatic nitrogens is 1. The zero-order chi connectivity index (χ0) is 17.9. The molecule has 1 amide bonds. The number of carbonyl (C=O) groups is 2. The molecule has 0 bridgehead atoms. The van der Waals surface area contributed by atoms with Gasteiger partial charge in [-0.25, -0.2) is 0 Å². The van der Waals surface area contributed by atoms with Crippen molar-refractivity contribution < 1.29 is 33.6 Å². The zero-order valence-corrected chi connectivity index (χ0v) is 16.5. The first-order valence-electron chi connectivity index (χ1n) is 7.77. The van der Waals surface area contributed by atoms with Gasteiger partial charge in [-0.3, -0.25) is 4.79 Å². The summed E-state index contributed by atoms with van der Waals surface area (Å²) in [6.07, 6.45) is 0. The van der Waals surface area contributed by atoms with Crippen LogP contribution in [0.3, 0.4) is 0 Å². The molecule has 3 atom stereocenters. The fraction of sp³-hybridized carbons (Fsp3) is 0.375. The molecule has 2 N–H and O–H groups in total. The van der Waals surface area contributed by atoms with Crippen molar-refractivity contribution in [3.05, 3.63) is 38.4 Å². The number of aromatic carboxylic acids is 1. The van der Waals surface area contributed by atoms with Crippen LogP contribution in [-0.2, 0) is 0 Å². The third kappa shape index (κ3) is 3.28. The van der Waals surface area contributed by atoms with E-state index in [0.717, 1.165) is 18.1 Å². The molecule has 1 saturated heterocycles. The smallest absolute Gasteiger partial charge is 0.544 e. The van der Waals surface area contributed by atoms with E-state index in [2.05, 4.69) is 15.2 Å². The topological polar surface area (TPSA) is 88.3 Å². The molecule has 1 saturated carbocycles. The first kappa shape index (κ1) is 19.7. The number of fused-ring (bicyclic) bond motifs is 1. The normalized spacial score (nSPS) is 23.3. The van der Waals surface area contributed by atoms with Gasteiger partial charge in [-0.05, 0) is 19.1 Å². The number of hydrogen-bond acceptors (Lipinski definition) is 5. The first-order chi connectivity index (χ1) is 11.9. The standard InChI is InChI=1S/C16H15Cl2N3O3S.Li/c1-6-11(17)12(18)14(19-6)15(22)20-13-7-4-21(5-8(7)13)10-3-2-9(25-10)16(23)24;/h2-3,7-8,13,19H,4-5H2,1H3,(H,20,22)(H,23,24);/q;+1/p-1/t7-,8+,13-;. The summed E-state index contributed by atoms with van der Waals surface area (Å²) in [6.45, 7) is 3.35. The second-order valence-corrected chi connectivity index (χ2v) is 8.23. The van der Waals surface area contributed by atoms with Gasteiger partial charge in [-0.15, -0.1) is 11.3 Å². The summed E-state index contributed by atoms with van der Waals surface area (Å²) in [7, 11) is 0. The third-order valence-electron chi connectivity index (χ3n) is 4.88. The Morgan fingerprint density at radius 1 is 1.27 bits per heavy atom. The Labute approximate surface area is 176 Å². The fourth-order valence-electron chi connectivity index (χ4n) is 3.48. The van der Waals surface area contributed by atoms with E-state index in [4.69, 9.17) is 23.2 Å². The van der Waals surface area contributed by atoms with Crippen molar-refractivity contribution in [2.24, 2.45) is 11.8 Å². The van der Waals surface area contributed by atoms with E-state index in [1.807, 2.05) is 0 Å².